The molecule has 0 aliphatic heterocycles. The first-order chi connectivity index (χ1) is 14.8. The number of aldehydes is 1. The Balaban J connectivity index is 1.93. The predicted molar refractivity (Wildman–Crippen MR) is 123 cm³/mol. The van der Waals surface area contributed by atoms with Gasteiger partial charge in [0.05, 0.1) is 0 Å². The first-order valence-electron chi connectivity index (χ1n) is 11.8. The van der Waals surface area contributed by atoms with Crippen LogP contribution < -0.4 is 0 Å². The van der Waals surface area contributed by atoms with E-state index in [1.54, 1.807) is 19.1 Å². The van der Waals surface area contributed by atoms with Crippen molar-refractivity contribution in [3.63, 3.8) is 0 Å². The van der Waals surface area contributed by atoms with Crippen molar-refractivity contribution in [3.8, 4) is 5.75 Å². The zero-order valence-electron chi connectivity index (χ0n) is 20.4. The third kappa shape index (κ3) is 4.35. The number of carbonyl (C=O) groups excluding carboxylic acids is 3. The molecule has 1 aromatic carbocycles. The number of ketones is 1. The molecule has 0 unspecified atom stereocenters. The fourth-order valence-corrected chi connectivity index (χ4v) is 7.21. The van der Waals surface area contributed by atoms with Crippen molar-refractivity contribution >= 4 is 18.0 Å². The van der Waals surface area contributed by atoms with Gasteiger partial charge in [0.25, 0.3) is 0 Å². The highest BCUT2D eigenvalue weighted by Crippen LogP contribution is 2.65. The van der Waals surface area contributed by atoms with Crippen LogP contribution in [0.1, 0.15) is 89.1 Å². The maximum Gasteiger partial charge on any atom is 0.302 e. The second kappa shape index (κ2) is 8.64. The van der Waals surface area contributed by atoms with Gasteiger partial charge in [0.15, 0.2) is 5.78 Å². The molecule has 5 heteroatoms. The van der Waals surface area contributed by atoms with Gasteiger partial charge in [0.2, 0.25) is 0 Å². The molecule has 2 aliphatic rings. The smallest absolute Gasteiger partial charge is 0.302 e. The average molecular weight is 443 g/mol. The van der Waals surface area contributed by atoms with E-state index in [1.807, 2.05) is 6.92 Å². The van der Waals surface area contributed by atoms with Crippen LogP contribution in [0.4, 0.5) is 0 Å². The SMILES string of the molecule is CC(=O)O[C@@H]1C[C@](C)(C=O)[C@H](CCC(=O)c2ccc(C)c(O)c2)[C@@]2(C)CCCC(C)(C)[C@@H]12. The third-order valence-corrected chi connectivity index (χ3v) is 8.47. The van der Waals surface area contributed by atoms with Gasteiger partial charge in [-0.1, -0.05) is 46.2 Å². The second-order valence-corrected chi connectivity index (χ2v) is 11.3. The lowest BCUT2D eigenvalue weighted by atomic mass is 9.42. The van der Waals surface area contributed by atoms with Crippen LogP contribution in [0.25, 0.3) is 0 Å². The first kappa shape index (κ1) is 24.5. The topological polar surface area (TPSA) is 80.7 Å². The van der Waals surface area contributed by atoms with Crippen molar-refractivity contribution in [2.24, 2.45) is 28.1 Å². The Hall–Kier alpha value is -2.17. The lowest BCUT2D eigenvalue weighted by Crippen LogP contribution is -2.61. The number of aryl methyl sites for hydroxylation is 1. The summed E-state index contributed by atoms with van der Waals surface area (Å²) in [5.41, 5.74) is 0.321. The van der Waals surface area contributed by atoms with Crippen molar-refractivity contribution in [3.05, 3.63) is 29.3 Å². The number of carbonyl (C=O) groups is 3. The van der Waals surface area contributed by atoms with Gasteiger partial charge in [0.1, 0.15) is 18.1 Å². The molecular formula is C27H38O5. The van der Waals surface area contributed by atoms with Gasteiger partial charge in [-0.2, -0.15) is 0 Å². The van der Waals surface area contributed by atoms with Gasteiger partial charge in [-0.15, -0.1) is 0 Å². The molecule has 2 aliphatic carbocycles. The number of benzene rings is 1. The Morgan fingerprint density at radius 3 is 2.47 bits per heavy atom. The van der Waals surface area contributed by atoms with Gasteiger partial charge in [-0.3, -0.25) is 9.59 Å². The molecule has 32 heavy (non-hydrogen) atoms. The lowest BCUT2D eigenvalue weighted by molar-refractivity contribution is -0.202. The van der Waals surface area contributed by atoms with Crippen molar-refractivity contribution in [1.82, 2.24) is 0 Å². The van der Waals surface area contributed by atoms with Gasteiger partial charge in [0, 0.05) is 30.2 Å². The van der Waals surface area contributed by atoms with E-state index in [-0.39, 0.29) is 46.3 Å². The summed E-state index contributed by atoms with van der Waals surface area (Å²) in [5.74, 6) is -0.0711. The molecule has 0 radical (unpaired) electrons. The summed E-state index contributed by atoms with van der Waals surface area (Å²) < 4.78 is 5.83. The fourth-order valence-electron chi connectivity index (χ4n) is 7.21. The van der Waals surface area contributed by atoms with E-state index < -0.39 is 5.41 Å². The lowest BCUT2D eigenvalue weighted by Gasteiger charge is -2.63. The molecule has 0 spiro atoms. The Kier molecular flexibility index (Phi) is 6.61. The van der Waals surface area contributed by atoms with Gasteiger partial charge in [-0.25, -0.2) is 0 Å². The maximum atomic E-state index is 13.0. The van der Waals surface area contributed by atoms with Crippen LogP contribution >= 0.6 is 0 Å². The average Bonchev–Trinajstić information content (AvgIpc) is 2.68. The Bertz CT molecular complexity index is 903. The minimum atomic E-state index is -0.672. The molecule has 5 atom stereocenters. The number of Topliss-reactive ketones (excluding diaryl/α,β-unsaturated/α-hetero) is 1. The number of ether oxygens (including phenoxy) is 1. The standard InChI is InChI=1S/C27H38O5/c1-17-8-9-19(14-21(17)31)20(30)10-11-23-26(5,16-28)15-22(32-18(2)29)24-25(3,4)12-7-13-27(23,24)6/h8-9,14,16,22-24,31H,7,10-13,15H2,1-6H3/t22-,23+,24-,26-,27-/m1/s1. The predicted octanol–water partition coefficient (Wildman–Crippen LogP) is 5.65. The summed E-state index contributed by atoms with van der Waals surface area (Å²) >= 11 is 0. The van der Waals surface area contributed by atoms with Crippen molar-refractivity contribution in [2.75, 3.05) is 0 Å². The second-order valence-electron chi connectivity index (χ2n) is 11.3. The number of fused-ring (bicyclic) bond motifs is 1. The zero-order valence-corrected chi connectivity index (χ0v) is 20.4. The van der Waals surface area contributed by atoms with Crippen LogP contribution in [-0.2, 0) is 14.3 Å². The molecule has 0 amide bonds. The largest absolute Gasteiger partial charge is 0.508 e. The van der Waals surface area contributed by atoms with Crippen LogP contribution in [0.2, 0.25) is 0 Å². The minimum absolute atomic E-state index is 0.00637. The van der Waals surface area contributed by atoms with E-state index in [0.29, 0.717) is 24.8 Å². The Labute approximate surface area is 191 Å². The summed E-state index contributed by atoms with van der Waals surface area (Å²) in [4.78, 5) is 37.4. The van der Waals surface area contributed by atoms with E-state index in [4.69, 9.17) is 4.74 Å². The Morgan fingerprint density at radius 1 is 1.19 bits per heavy atom. The van der Waals surface area contributed by atoms with Crippen LogP contribution in [-0.4, -0.2) is 29.2 Å². The molecule has 1 N–H and O–H groups in total. The molecule has 5 nitrogen and oxygen atoms in total. The molecule has 1 aromatic rings. The zero-order chi connectivity index (χ0) is 23.9. The van der Waals surface area contributed by atoms with E-state index >= 15 is 0 Å². The van der Waals surface area contributed by atoms with Crippen molar-refractivity contribution < 1.29 is 24.2 Å². The number of phenolic OH excluding ortho intramolecular Hbond substituents is 1. The highest BCUT2D eigenvalue weighted by molar-refractivity contribution is 5.96. The van der Waals surface area contributed by atoms with E-state index in [1.165, 1.54) is 13.0 Å². The molecule has 0 bridgehead atoms. The molecule has 3 rings (SSSR count). The summed E-state index contributed by atoms with van der Waals surface area (Å²) in [7, 11) is 0. The molecule has 0 saturated heterocycles. The van der Waals surface area contributed by atoms with Crippen LogP contribution in [0.15, 0.2) is 18.2 Å². The molecule has 176 valence electrons. The Morgan fingerprint density at radius 2 is 1.88 bits per heavy atom. The van der Waals surface area contributed by atoms with Crippen LogP contribution in [0.3, 0.4) is 0 Å². The number of hydrogen-bond acceptors (Lipinski definition) is 5. The molecule has 2 saturated carbocycles. The summed E-state index contributed by atoms with van der Waals surface area (Å²) in [6.07, 6.45) is 5.19. The summed E-state index contributed by atoms with van der Waals surface area (Å²) in [5, 5.41) is 10.0. The number of esters is 1. The molecule has 0 heterocycles. The molecular weight excluding hydrogens is 404 g/mol. The van der Waals surface area contributed by atoms with Gasteiger partial charge in [-0.05, 0) is 61.0 Å². The number of aromatic hydroxyl groups is 1. The van der Waals surface area contributed by atoms with Crippen LogP contribution in [0.5, 0.6) is 5.75 Å². The van der Waals surface area contributed by atoms with E-state index in [2.05, 4.69) is 20.8 Å². The highest BCUT2D eigenvalue weighted by atomic mass is 16.5. The fraction of sp³-hybridized carbons (Fsp3) is 0.667. The number of rotatable bonds is 6. The van der Waals surface area contributed by atoms with Crippen molar-refractivity contribution in [1.29, 1.82) is 0 Å². The summed E-state index contributed by atoms with van der Waals surface area (Å²) in [6.45, 7) is 11.9. The maximum absolute atomic E-state index is 13.0. The monoisotopic (exact) mass is 442 g/mol. The summed E-state index contributed by atoms with van der Waals surface area (Å²) in [6, 6.07) is 5.04. The first-order valence-corrected chi connectivity index (χ1v) is 11.8. The van der Waals surface area contributed by atoms with Gasteiger partial charge >= 0.3 is 5.97 Å². The normalized spacial score (nSPS) is 33.8. The number of phenols is 1. The van der Waals surface area contributed by atoms with Crippen LogP contribution in [0, 0.1) is 35.0 Å². The highest BCUT2D eigenvalue weighted by Gasteiger charge is 2.62. The van der Waals surface area contributed by atoms with Crippen molar-refractivity contribution in [2.45, 2.75) is 86.2 Å². The van der Waals surface area contributed by atoms with E-state index in [0.717, 1.165) is 31.1 Å². The quantitative estimate of drug-likeness (QED) is 0.350. The third-order valence-electron chi connectivity index (χ3n) is 8.47. The number of hydrogen-bond donors (Lipinski definition) is 1. The molecule has 0 aromatic heterocycles. The van der Waals surface area contributed by atoms with E-state index in [9.17, 15) is 19.5 Å². The minimum Gasteiger partial charge on any atom is -0.508 e. The van der Waals surface area contributed by atoms with Gasteiger partial charge < -0.3 is 14.6 Å². The molecule has 2 fully saturated rings.